The van der Waals surface area contributed by atoms with Gasteiger partial charge in [0.1, 0.15) is 5.75 Å². The van der Waals surface area contributed by atoms with Crippen LogP contribution < -0.4 is 4.74 Å². The van der Waals surface area contributed by atoms with Crippen molar-refractivity contribution < 1.29 is 55.1 Å². The van der Waals surface area contributed by atoms with Crippen molar-refractivity contribution in [1.29, 1.82) is 0 Å². The minimum Gasteiger partial charge on any atom is -0.497 e. The van der Waals surface area contributed by atoms with Gasteiger partial charge in [0.25, 0.3) is 40.5 Å². The first kappa shape index (κ1) is 60.3. The molecule has 13 nitrogen and oxygen atoms in total. The maximum atomic E-state index is 11.3. The summed E-state index contributed by atoms with van der Waals surface area (Å²) in [6.07, 6.45) is 4.99. The highest BCUT2D eigenvalue weighted by atomic mass is 32.2. The van der Waals surface area contributed by atoms with Gasteiger partial charge in [0.05, 0.1) is 59.2 Å². The molecule has 0 saturated heterocycles. The van der Waals surface area contributed by atoms with Gasteiger partial charge < -0.3 is 4.74 Å². The molecule has 0 aromatic heterocycles. The number of fused-ring (bicyclic) bond motifs is 2. The number of benzene rings is 6. The molecule has 0 aliphatic heterocycles. The molecule has 0 aliphatic carbocycles. The second-order valence-corrected chi connectivity index (χ2v) is 22.3. The molecule has 0 amide bonds. The van der Waals surface area contributed by atoms with Crippen LogP contribution in [0, 0.1) is 5.92 Å². The van der Waals surface area contributed by atoms with Gasteiger partial charge in [0.2, 0.25) is 0 Å². The second-order valence-electron chi connectivity index (χ2n) is 15.4. The lowest BCUT2D eigenvalue weighted by atomic mass is 9.90. The molecule has 6 rings (SSSR count). The Kier molecular flexibility index (Phi) is 26.3. The highest BCUT2D eigenvalue weighted by Crippen LogP contribution is 2.27. The maximum Gasteiger partial charge on any atom is 0.296 e. The summed E-state index contributed by atoms with van der Waals surface area (Å²) in [5.74, 6) is 2.68. The summed E-state index contributed by atoms with van der Waals surface area (Å²) in [6, 6.07) is 45.6. The van der Waals surface area contributed by atoms with Gasteiger partial charge in [-0.3, -0.25) is 16.7 Å². The normalized spacial score (nSPS) is 12.2. The van der Waals surface area contributed by atoms with Crippen LogP contribution in [0.15, 0.2) is 138 Å². The van der Waals surface area contributed by atoms with Gasteiger partial charge in [-0.05, 0) is 98.7 Å². The molecule has 17 heteroatoms. The molecule has 2 atom stereocenters. The van der Waals surface area contributed by atoms with E-state index >= 15 is 0 Å². The van der Waals surface area contributed by atoms with E-state index in [2.05, 4.69) is 148 Å². The highest BCUT2D eigenvalue weighted by Gasteiger charge is 2.13. The number of ether oxygens (including phenoxy) is 1. The molecular formula is C50H68O13S4. The topological polar surface area (TPSA) is 183 Å². The summed E-state index contributed by atoms with van der Waals surface area (Å²) >= 11 is 0. The van der Waals surface area contributed by atoms with Crippen molar-refractivity contribution in [3.63, 3.8) is 0 Å². The number of hydrogen-bond donors (Lipinski definition) is 0. The van der Waals surface area contributed by atoms with Crippen molar-refractivity contribution in [3.05, 3.63) is 156 Å². The average molecular weight is 1010 g/mol. The molecule has 0 heterocycles. The predicted molar refractivity (Wildman–Crippen MR) is 272 cm³/mol. The van der Waals surface area contributed by atoms with Crippen LogP contribution >= 0.6 is 0 Å². The van der Waals surface area contributed by atoms with Gasteiger partial charge in [0.15, 0.2) is 0 Å². The quantitative estimate of drug-likeness (QED) is 0.106. The Bertz CT molecular complexity index is 2660. The fourth-order valence-corrected chi connectivity index (χ4v) is 6.35. The standard InChI is InChI=1S/C21H16.C12H18O.C11H16O3S.3C2H6O3S/c1-3-13-20-16(7-1)9-5-11-18(20)15-19-12-6-10-17-8-2-4-14-21(17)19;1-9(2)10(3)11-5-7-12(13-4)8-6-11;1-4-9(2)10-5-7-11(8-6-10)15(12,13)14-3;3*1-5-6(2,3)4/h1-14H,15H2;5-10H,1-4H3;5-9H,4H2,1-3H3;3*1-2H3. The van der Waals surface area contributed by atoms with Crippen molar-refractivity contribution in [2.45, 2.75) is 64.2 Å². The molecule has 67 heavy (non-hydrogen) atoms. The molecule has 6 aromatic carbocycles. The third-order valence-corrected chi connectivity index (χ3v) is 13.4. The van der Waals surface area contributed by atoms with Crippen molar-refractivity contribution in [2.75, 3.05) is 54.3 Å². The van der Waals surface area contributed by atoms with Gasteiger partial charge in [-0.15, -0.1) is 0 Å². The molecule has 0 bridgehead atoms. The Labute approximate surface area is 400 Å². The van der Waals surface area contributed by atoms with E-state index in [9.17, 15) is 33.7 Å². The Balaban J connectivity index is 0.000000434. The molecule has 0 radical (unpaired) electrons. The minimum atomic E-state index is -3.55. The Morgan fingerprint density at radius 3 is 1.13 bits per heavy atom. The monoisotopic (exact) mass is 1000 g/mol. The van der Waals surface area contributed by atoms with Crippen molar-refractivity contribution in [1.82, 2.24) is 0 Å². The fraction of sp³-hybridized carbons (Fsp3) is 0.360. The van der Waals surface area contributed by atoms with Crippen LogP contribution in [0.1, 0.15) is 75.1 Å². The van der Waals surface area contributed by atoms with Gasteiger partial charge in [-0.2, -0.15) is 33.7 Å². The van der Waals surface area contributed by atoms with Gasteiger partial charge in [-0.25, -0.2) is 0 Å². The number of hydrogen-bond acceptors (Lipinski definition) is 13. The predicted octanol–water partition coefficient (Wildman–Crippen LogP) is 10.4. The van der Waals surface area contributed by atoms with Crippen LogP contribution in [0.3, 0.4) is 0 Å². The molecule has 0 fully saturated rings. The summed E-state index contributed by atoms with van der Waals surface area (Å²) in [7, 11) is -6.81. The van der Waals surface area contributed by atoms with Crippen LogP contribution in [-0.2, 0) is 63.6 Å². The van der Waals surface area contributed by atoms with Crippen molar-refractivity contribution in [3.8, 4) is 5.75 Å². The summed E-state index contributed by atoms with van der Waals surface area (Å²) in [5, 5.41) is 5.34. The fourth-order valence-electron chi connectivity index (χ4n) is 5.69. The summed E-state index contributed by atoms with van der Waals surface area (Å²) in [6.45, 7) is 11.0. The first-order valence-electron chi connectivity index (χ1n) is 21.0. The van der Waals surface area contributed by atoms with E-state index < -0.39 is 40.5 Å². The van der Waals surface area contributed by atoms with E-state index in [1.807, 2.05) is 24.3 Å². The third kappa shape index (κ3) is 23.7. The van der Waals surface area contributed by atoms with E-state index in [-0.39, 0.29) is 4.90 Å². The van der Waals surface area contributed by atoms with Gasteiger partial charge >= 0.3 is 0 Å². The van der Waals surface area contributed by atoms with Crippen LogP contribution in [0.5, 0.6) is 5.75 Å². The third-order valence-electron chi connectivity index (χ3n) is 10.3. The molecule has 370 valence electrons. The molecular weight excluding hydrogens is 937 g/mol. The van der Waals surface area contributed by atoms with E-state index in [1.54, 1.807) is 19.2 Å². The first-order valence-corrected chi connectivity index (χ1v) is 27.9. The first-order chi connectivity index (χ1) is 31.3. The number of rotatable bonds is 12. The van der Waals surface area contributed by atoms with E-state index in [1.165, 1.54) is 38.2 Å². The zero-order chi connectivity index (χ0) is 51.0. The van der Waals surface area contributed by atoms with E-state index in [0.29, 0.717) is 17.8 Å². The Hall–Kier alpha value is -4.72. The lowest BCUT2D eigenvalue weighted by Crippen LogP contribution is -2.03. The zero-order valence-electron chi connectivity index (χ0n) is 40.8. The summed E-state index contributed by atoms with van der Waals surface area (Å²) in [5.41, 5.74) is 5.32. The maximum absolute atomic E-state index is 11.3. The van der Waals surface area contributed by atoms with Crippen molar-refractivity contribution >= 4 is 62.0 Å². The largest absolute Gasteiger partial charge is 0.497 e. The SMILES string of the molecule is CCC(C)c1ccc(S(=O)(=O)OC)cc1.COS(C)(=O)=O.COS(C)(=O)=O.COS(C)(=O)=O.COc1ccc(C(C)C(C)C)cc1.c1ccc2c(Cc3cccc4ccccc34)cccc2c1. The average Bonchev–Trinajstić information content (AvgIpc) is 3.31. The van der Waals surface area contributed by atoms with Crippen LogP contribution in [0.4, 0.5) is 0 Å². The van der Waals surface area contributed by atoms with E-state index in [0.717, 1.165) is 71.4 Å². The van der Waals surface area contributed by atoms with Crippen molar-refractivity contribution in [2.24, 2.45) is 5.92 Å². The molecule has 2 unspecified atom stereocenters. The zero-order valence-corrected chi connectivity index (χ0v) is 44.1. The molecule has 0 saturated carbocycles. The summed E-state index contributed by atoms with van der Waals surface area (Å²) in [4.78, 5) is 0.206. The molecule has 0 spiro atoms. The minimum absolute atomic E-state index is 0.206. The molecule has 0 N–H and O–H groups in total. The Morgan fingerprint density at radius 2 is 0.806 bits per heavy atom. The van der Waals surface area contributed by atoms with Crippen LogP contribution in [-0.4, -0.2) is 88.0 Å². The smallest absolute Gasteiger partial charge is 0.296 e. The van der Waals surface area contributed by atoms with Crippen LogP contribution in [0.25, 0.3) is 21.5 Å². The molecule has 0 aliphatic rings. The van der Waals surface area contributed by atoms with Gasteiger partial charge in [-0.1, -0.05) is 144 Å². The summed E-state index contributed by atoms with van der Waals surface area (Å²) < 4.78 is 103. The highest BCUT2D eigenvalue weighted by molar-refractivity contribution is 7.87. The molecule has 6 aromatic rings. The Morgan fingerprint density at radius 1 is 0.448 bits per heavy atom. The van der Waals surface area contributed by atoms with Crippen LogP contribution in [0.2, 0.25) is 0 Å². The second kappa shape index (κ2) is 29.2. The van der Waals surface area contributed by atoms with Gasteiger partial charge in [0, 0.05) is 0 Å². The lowest BCUT2D eigenvalue weighted by Gasteiger charge is -2.15. The van der Waals surface area contributed by atoms with E-state index in [4.69, 9.17) is 4.74 Å². The number of methoxy groups -OCH3 is 1. The lowest BCUT2D eigenvalue weighted by molar-refractivity contribution is 0.397.